The van der Waals surface area contributed by atoms with E-state index in [4.69, 9.17) is 0 Å². The average Bonchev–Trinajstić information content (AvgIpc) is 2.73. The first-order valence-electron chi connectivity index (χ1n) is 10.7. The van der Waals surface area contributed by atoms with Crippen LogP contribution in [0.2, 0.25) is 0 Å². The van der Waals surface area contributed by atoms with Crippen LogP contribution in [0.4, 0.5) is 5.82 Å². The standard InChI is InChI=1S/C23H33N5O/c1-5-21-16-27(13-14-28(21)17(2)3)23(29)19-9-10-22(25-15-19)24-12-11-20-8-6-7-18(4)26-20/h6-10,15,17,21H,5,11-14,16H2,1-4H3,(H,24,25)/t21-/m1/s1. The Labute approximate surface area is 174 Å². The Hall–Kier alpha value is -2.47. The minimum atomic E-state index is 0.0786. The number of nitrogens with zero attached hydrogens (tertiary/aromatic N) is 4. The fraction of sp³-hybridized carbons (Fsp3) is 0.522. The number of piperazine rings is 1. The molecule has 3 rings (SSSR count). The van der Waals surface area contributed by atoms with Crippen LogP contribution in [-0.4, -0.2) is 63.9 Å². The largest absolute Gasteiger partial charge is 0.370 e. The zero-order valence-electron chi connectivity index (χ0n) is 18.1. The summed E-state index contributed by atoms with van der Waals surface area (Å²) in [6.07, 6.45) is 3.58. The highest BCUT2D eigenvalue weighted by atomic mass is 16.2. The zero-order chi connectivity index (χ0) is 20.8. The van der Waals surface area contributed by atoms with Gasteiger partial charge in [-0.2, -0.15) is 0 Å². The molecule has 2 aromatic rings. The Kier molecular flexibility index (Phi) is 7.20. The second-order valence-electron chi connectivity index (χ2n) is 8.02. The van der Waals surface area contributed by atoms with Crippen LogP contribution < -0.4 is 5.32 Å². The molecule has 29 heavy (non-hydrogen) atoms. The average molecular weight is 396 g/mol. The van der Waals surface area contributed by atoms with Gasteiger partial charge in [0.25, 0.3) is 5.91 Å². The second kappa shape index (κ2) is 9.83. The van der Waals surface area contributed by atoms with E-state index in [9.17, 15) is 4.79 Å². The molecule has 0 bridgehead atoms. The van der Waals surface area contributed by atoms with Gasteiger partial charge in [0.2, 0.25) is 0 Å². The summed E-state index contributed by atoms with van der Waals surface area (Å²) in [7, 11) is 0. The molecule has 1 atom stereocenters. The van der Waals surface area contributed by atoms with E-state index in [0.717, 1.165) is 56.2 Å². The summed E-state index contributed by atoms with van der Waals surface area (Å²) in [5.41, 5.74) is 2.75. The van der Waals surface area contributed by atoms with Crippen LogP contribution in [-0.2, 0) is 6.42 Å². The highest BCUT2D eigenvalue weighted by Crippen LogP contribution is 2.18. The molecule has 1 aliphatic rings. The molecule has 156 valence electrons. The van der Waals surface area contributed by atoms with Gasteiger partial charge in [-0.3, -0.25) is 14.7 Å². The minimum Gasteiger partial charge on any atom is -0.370 e. The van der Waals surface area contributed by atoms with Crippen molar-refractivity contribution in [3.05, 3.63) is 53.5 Å². The van der Waals surface area contributed by atoms with Crippen molar-refractivity contribution in [3.63, 3.8) is 0 Å². The summed E-state index contributed by atoms with van der Waals surface area (Å²) in [5.74, 6) is 0.861. The van der Waals surface area contributed by atoms with Crippen LogP contribution in [0.1, 0.15) is 48.9 Å². The first-order valence-corrected chi connectivity index (χ1v) is 10.7. The lowest BCUT2D eigenvalue weighted by Crippen LogP contribution is -2.56. The summed E-state index contributed by atoms with van der Waals surface area (Å²) in [6.45, 7) is 11.9. The molecule has 1 N–H and O–H groups in total. The van der Waals surface area contributed by atoms with Crippen LogP contribution in [0, 0.1) is 6.92 Å². The Balaban J connectivity index is 1.53. The highest BCUT2D eigenvalue weighted by Gasteiger charge is 2.30. The number of anilines is 1. The molecule has 0 unspecified atom stereocenters. The topological polar surface area (TPSA) is 61.4 Å². The Bertz CT molecular complexity index is 805. The van der Waals surface area contributed by atoms with Gasteiger partial charge < -0.3 is 10.2 Å². The fourth-order valence-corrected chi connectivity index (χ4v) is 3.96. The third kappa shape index (κ3) is 5.54. The third-order valence-electron chi connectivity index (χ3n) is 5.59. The lowest BCUT2D eigenvalue weighted by molar-refractivity contribution is 0.0371. The zero-order valence-corrected chi connectivity index (χ0v) is 18.1. The molecular formula is C23H33N5O. The number of hydrogen-bond acceptors (Lipinski definition) is 5. The molecule has 6 nitrogen and oxygen atoms in total. The first kappa shape index (κ1) is 21.2. The molecule has 0 aromatic carbocycles. The van der Waals surface area contributed by atoms with Gasteiger partial charge in [0.15, 0.2) is 0 Å². The Morgan fingerprint density at radius 2 is 2.07 bits per heavy atom. The summed E-state index contributed by atoms with van der Waals surface area (Å²) < 4.78 is 0. The van der Waals surface area contributed by atoms with Crippen LogP contribution in [0.25, 0.3) is 0 Å². The maximum absolute atomic E-state index is 12.9. The first-order chi connectivity index (χ1) is 14.0. The number of aryl methyl sites for hydroxylation is 1. The molecular weight excluding hydrogens is 362 g/mol. The number of pyridine rings is 2. The molecule has 6 heteroatoms. The molecule has 1 amide bonds. The van der Waals surface area contributed by atoms with Crippen molar-refractivity contribution >= 4 is 11.7 Å². The van der Waals surface area contributed by atoms with Gasteiger partial charge in [0.05, 0.1) is 5.56 Å². The van der Waals surface area contributed by atoms with E-state index in [-0.39, 0.29) is 5.91 Å². The minimum absolute atomic E-state index is 0.0786. The summed E-state index contributed by atoms with van der Waals surface area (Å²) >= 11 is 0. The van der Waals surface area contributed by atoms with Gasteiger partial charge in [0, 0.05) is 62.3 Å². The van der Waals surface area contributed by atoms with Crippen molar-refractivity contribution in [1.82, 2.24) is 19.8 Å². The van der Waals surface area contributed by atoms with Crippen molar-refractivity contribution in [1.29, 1.82) is 0 Å². The van der Waals surface area contributed by atoms with E-state index in [1.807, 2.05) is 42.2 Å². The highest BCUT2D eigenvalue weighted by molar-refractivity contribution is 5.94. The van der Waals surface area contributed by atoms with Crippen LogP contribution in [0.3, 0.4) is 0 Å². The number of hydrogen-bond donors (Lipinski definition) is 1. The molecule has 0 radical (unpaired) electrons. The van der Waals surface area contributed by atoms with Gasteiger partial charge in [-0.15, -0.1) is 0 Å². The van der Waals surface area contributed by atoms with Gasteiger partial charge in [-0.05, 0) is 51.5 Å². The van der Waals surface area contributed by atoms with E-state index in [1.54, 1.807) is 6.20 Å². The van der Waals surface area contributed by atoms with E-state index in [1.165, 1.54) is 0 Å². The monoisotopic (exact) mass is 395 g/mol. The molecule has 0 spiro atoms. The normalized spacial score (nSPS) is 17.6. The van der Waals surface area contributed by atoms with Gasteiger partial charge in [-0.25, -0.2) is 4.98 Å². The quantitative estimate of drug-likeness (QED) is 0.779. The molecule has 1 fully saturated rings. The predicted octanol–water partition coefficient (Wildman–Crippen LogP) is 3.38. The van der Waals surface area contributed by atoms with Gasteiger partial charge >= 0.3 is 0 Å². The van der Waals surface area contributed by atoms with Crippen molar-refractivity contribution in [2.24, 2.45) is 0 Å². The maximum Gasteiger partial charge on any atom is 0.255 e. The van der Waals surface area contributed by atoms with Crippen molar-refractivity contribution in [2.45, 2.75) is 52.6 Å². The predicted molar refractivity (Wildman–Crippen MR) is 117 cm³/mol. The van der Waals surface area contributed by atoms with E-state index in [2.05, 4.69) is 41.0 Å². The SMILES string of the molecule is CC[C@@H]1CN(C(=O)c2ccc(NCCc3cccc(C)n3)nc2)CCN1C(C)C. The van der Waals surface area contributed by atoms with Gasteiger partial charge in [-0.1, -0.05) is 13.0 Å². The molecule has 1 saturated heterocycles. The van der Waals surface area contributed by atoms with E-state index < -0.39 is 0 Å². The summed E-state index contributed by atoms with van der Waals surface area (Å²) in [4.78, 5) is 26.3. The van der Waals surface area contributed by atoms with Crippen LogP contribution in [0.15, 0.2) is 36.5 Å². The smallest absolute Gasteiger partial charge is 0.255 e. The Morgan fingerprint density at radius 1 is 1.24 bits per heavy atom. The third-order valence-corrected chi connectivity index (χ3v) is 5.59. The Morgan fingerprint density at radius 3 is 2.72 bits per heavy atom. The van der Waals surface area contributed by atoms with Crippen molar-refractivity contribution < 1.29 is 4.79 Å². The van der Waals surface area contributed by atoms with E-state index >= 15 is 0 Å². The molecule has 0 aliphatic carbocycles. The number of carbonyl (C=O) groups excluding carboxylic acids is 1. The number of nitrogens with one attached hydrogen (secondary N) is 1. The number of rotatable bonds is 7. The molecule has 2 aromatic heterocycles. The molecule has 3 heterocycles. The lowest BCUT2D eigenvalue weighted by atomic mass is 10.1. The second-order valence-corrected chi connectivity index (χ2v) is 8.02. The number of amides is 1. The maximum atomic E-state index is 12.9. The number of aromatic nitrogens is 2. The van der Waals surface area contributed by atoms with Crippen LogP contribution >= 0.6 is 0 Å². The number of carbonyl (C=O) groups is 1. The molecule has 1 aliphatic heterocycles. The summed E-state index contributed by atoms with van der Waals surface area (Å²) in [5, 5.41) is 3.31. The van der Waals surface area contributed by atoms with Crippen molar-refractivity contribution in [2.75, 3.05) is 31.5 Å². The lowest BCUT2D eigenvalue weighted by Gasteiger charge is -2.43. The molecule has 0 saturated carbocycles. The summed E-state index contributed by atoms with van der Waals surface area (Å²) in [6, 6.07) is 10.8. The van der Waals surface area contributed by atoms with Crippen molar-refractivity contribution in [3.8, 4) is 0 Å². The van der Waals surface area contributed by atoms with E-state index in [0.29, 0.717) is 17.6 Å². The van der Waals surface area contributed by atoms with Gasteiger partial charge in [0.1, 0.15) is 5.82 Å². The van der Waals surface area contributed by atoms with Crippen LogP contribution in [0.5, 0.6) is 0 Å². The fourth-order valence-electron chi connectivity index (χ4n) is 3.96.